The second-order valence-corrected chi connectivity index (χ2v) is 7.41. The number of benzene rings is 2. The van der Waals surface area contributed by atoms with Crippen LogP contribution in [0.25, 0.3) is 10.9 Å². The van der Waals surface area contributed by atoms with E-state index in [0.29, 0.717) is 12.5 Å². The number of primary amides is 1. The Morgan fingerprint density at radius 2 is 1.82 bits per heavy atom. The molecule has 1 amide bonds. The molecule has 1 aliphatic heterocycles. The molecule has 0 aliphatic carbocycles. The second-order valence-electron chi connectivity index (χ2n) is 7.00. The van der Waals surface area contributed by atoms with Crippen molar-refractivity contribution in [2.24, 2.45) is 11.7 Å². The SMILES string of the molecule is NC(=O)C1CCN(c2nc(NCc3ccccc3Cl)c3ccccc3n2)CC1. The first kappa shape index (κ1) is 18.5. The summed E-state index contributed by atoms with van der Waals surface area (Å²) in [6.07, 6.45) is 1.46. The Labute approximate surface area is 168 Å². The largest absolute Gasteiger partial charge is 0.369 e. The van der Waals surface area contributed by atoms with Gasteiger partial charge in [-0.2, -0.15) is 4.98 Å². The Morgan fingerprint density at radius 3 is 2.57 bits per heavy atom. The first-order valence-electron chi connectivity index (χ1n) is 9.40. The van der Waals surface area contributed by atoms with Gasteiger partial charge in [0.25, 0.3) is 0 Å². The molecule has 1 fully saturated rings. The van der Waals surface area contributed by atoms with Gasteiger partial charge in [0.05, 0.1) is 5.52 Å². The van der Waals surface area contributed by atoms with Gasteiger partial charge in [-0.05, 0) is 36.6 Å². The molecule has 0 spiro atoms. The number of hydrogen-bond donors (Lipinski definition) is 2. The van der Waals surface area contributed by atoms with Gasteiger partial charge in [0, 0.05) is 36.0 Å². The van der Waals surface area contributed by atoms with Crippen LogP contribution in [0.3, 0.4) is 0 Å². The molecule has 6 nitrogen and oxygen atoms in total. The maximum absolute atomic E-state index is 11.4. The summed E-state index contributed by atoms with van der Waals surface area (Å²) in [5, 5.41) is 5.10. The summed E-state index contributed by atoms with van der Waals surface area (Å²) in [6.45, 7) is 2.01. The molecule has 0 radical (unpaired) electrons. The zero-order valence-electron chi connectivity index (χ0n) is 15.4. The fourth-order valence-electron chi connectivity index (χ4n) is 3.53. The summed E-state index contributed by atoms with van der Waals surface area (Å²) in [7, 11) is 0. The average Bonchev–Trinajstić information content (AvgIpc) is 2.73. The lowest BCUT2D eigenvalue weighted by molar-refractivity contribution is -0.122. The number of anilines is 2. The molecule has 0 bridgehead atoms. The van der Waals surface area contributed by atoms with Gasteiger partial charge in [-0.15, -0.1) is 0 Å². The highest BCUT2D eigenvalue weighted by Crippen LogP contribution is 2.27. The number of nitrogens with zero attached hydrogens (tertiary/aromatic N) is 3. The molecule has 7 heteroatoms. The number of halogens is 1. The van der Waals surface area contributed by atoms with E-state index in [-0.39, 0.29) is 11.8 Å². The number of carbonyl (C=O) groups is 1. The van der Waals surface area contributed by atoms with Crippen molar-refractivity contribution in [1.82, 2.24) is 9.97 Å². The van der Waals surface area contributed by atoms with E-state index in [1.807, 2.05) is 48.5 Å². The van der Waals surface area contributed by atoms with E-state index < -0.39 is 0 Å². The monoisotopic (exact) mass is 395 g/mol. The van der Waals surface area contributed by atoms with Crippen molar-refractivity contribution in [1.29, 1.82) is 0 Å². The predicted octanol–water partition coefficient (Wildman–Crippen LogP) is 3.60. The van der Waals surface area contributed by atoms with Gasteiger partial charge in [-0.1, -0.05) is 41.9 Å². The maximum Gasteiger partial charge on any atom is 0.227 e. The van der Waals surface area contributed by atoms with Crippen LogP contribution in [0.5, 0.6) is 0 Å². The number of nitrogens with two attached hydrogens (primary N) is 1. The Kier molecular flexibility index (Phi) is 5.30. The predicted molar refractivity (Wildman–Crippen MR) is 112 cm³/mol. The summed E-state index contributed by atoms with van der Waals surface area (Å²) in [6, 6.07) is 15.7. The smallest absolute Gasteiger partial charge is 0.227 e. The van der Waals surface area contributed by atoms with Crippen LogP contribution in [0.4, 0.5) is 11.8 Å². The molecular weight excluding hydrogens is 374 g/mol. The topological polar surface area (TPSA) is 84.1 Å². The summed E-state index contributed by atoms with van der Waals surface area (Å²) in [4.78, 5) is 23.1. The highest BCUT2D eigenvalue weighted by Gasteiger charge is 2.25. The lowest BCUT2D eigenvalue weighted by Gasteiger charge is -2.31. The van der Waals surface area contributed by atoms with Crippen LogP contribution in [0.2, 0.25) is 5.02 Å². The lowest BCUT2D eigenvalue weighted by Crippen LogP contribution is -2.39. The third-order valence-corrected chi connectivity index (χ3v) is 5.54. The summed E-state index contributed by atoms with van der Waals surface area (Å²) in [5.74, 6) is 1.16. The Morgan fingerprint density at radius 1 is 1.11 bits per heavy atom. The quantitative estimate of drug-likeness (QED) is 0.689. The number of hydrogen-bond acceptors (Lipinski definition) is 5. The lowest BCUT2D eigenvalue weighted by atomic mass is 9.96. The van der Waals surface area contributed by atoms with Crippen molar-refractivity contribution < 1.29 is 4.79 Å². The molecule has 0 unspecified atom stereocenters. The fraction of sp³-hybridized carbons (Fsp3) is 0.286. The third kappa shape index (κ3) is 3.87. The second kappa shape index (κ2) is 8.02. The first-order valence-corrected chi connectivity index (χ1v) is 9.78. The van der Waals surface area contributed by atoms with E-state index in [0.717, 1.165) is 53.2 Å². The Bertz CT molecular complexity index is 1000. The first-order chi connectivity index (χ1) is 13.6. The number of aromatic nitrogens is 2. The van der Waals surface area contributed by atoms with Crippen LogP contribution >= 0.6 is 11.6 Å². The van der Waals surface area contributed by atoms with Gasteiger partial charge in [0.2, 0.25) is 11.9 Å². The Hall–Kier alpha value is -2.86. The van der Waals surface area contributed by atoms with Crippen molar-refractivity contribution in [2.45, 2.75) is 19.4 Å². The molecule has 1 aromatic heterocycles. The number of carbonyl (C=O) groups excluding carboxylic acids is 1. The number of rotatable bonds is 5. The number of nitrogens with one attached hydrogen (secondary N) is 1. The number of para-hydroxylation sites is 1. The van der Waals surface area contributed by atoms with Crippen molar-refractivity contribution in [3.8, 4) is 0 Å². The van der Waals surface area contributed by atoms with Gasteiger partial charge in [0.1, 0.15) is 5.82 Å². The molecule has 3 N–H and O–H groups in total. The van der Waals surface area contributed by atoms with Crippen molar-refractivity contribution in [3.05, 3.63) is 59.1 Å². The average molecular weight is 396 g/mol. The Balaban J connectivity index is 1.61. The van der Waals surface area contributed by atoms with Gasteiger partial charge >= 0.3 is 0 Å². The van der Waals surface area contributed by atoms with Crippen molar-refractivity contribution >= 4 is 40.2 Å². The maximum atomic E-state index is 11.4. The van der Waals surface area contributed by atoms with Crippen molar-refractivity contribution in [2.75, 3.05) is 23.3 Å². The molecule has 0 atom stereocenters. The fourth-order valence-corrected chi connectivity index (χ4v) is 3.73. The van der Waals surface area contributed by atoms with Gasteiger partial charge in [0.15, 0.2) is 0 Å². The number of amides is 1. The molecule has 28 heavy (non-hydrogen) atoms. The van der Waals surface area contributed by atoms with Gasteiger partial charge in [-0.3, -0.25) is 4.79 Å². The van der Waals surface area contributed by atoms with Crippen LogP contribution in [0.15, 0.2) is 48.5 Å². The van der Waals surface area contributed by atoms with Crippen LogP contribution < -0.4 is 16.0 Å². The zero-order chi connectivity index (χ0) is 19.5. The molecule has 2 heterocycles. The van der Waals surface area contributed by atoms with Gasteiger partial charge < -0.3 is 16.0 Å². The van der Waals surface area contributed by atoms with Gasteiger partial charge in [-0.25, -0.2) is 4.98 Å². The molecule has 1 saturated heterocycles. The molecule has 1 aliphatic rings. The van der Waals surface area contributed by atoms with Crippen LogP contribution in [0.1, 0.15) is 18.4 Å². The van der Waals surface area contributed by atoms with E-state index in [4.69, 9.17) is 27.3 Å². The molecular formula is C21H22ClN5O. The normalized spacial score (nSPS) is 15.0. The summed E-state index contributed by atoms with van der Waals surface area (Å²) < 4.78 is 0. The van der Waals surface area contributed by atoms with Crippen LogP contribution in [0, 0.1) is 5.92 Å². The molecule has 144 valence electrons. The van der Waals surface area contributed by atoms with E-state index in [2.05, 4.69) is 10.2 Å². The minimum atomic E-state index is -0.221. The summed E-state index contributed by atoms with van der Waals surface area (Å²) in [5.41, 5.74) is 7.34. The molecule has 3 aromatic rings. The number of piperidine rings is 1. The molecule has 4 rings (SSSR count). The van der Waals surface area contributed by atoms with Crippen LogP contribution in [-0.2, 0) is 11.3 Å². The summed E-state index contributed by atoms with van der Waals surface area (Å²) >= 11 is 6.28. The molecule has 0 saturated carbocycles. The highest BCUT2D eigenvalue weighted by atomic mass is 35.5. The van der Waals surface area contributed by atoms with E-state index in [1.54, 1.807) is 0 Å². The highest BCUT2D eigenvalue weighted by molar-refractivity contribution is 6.31. The third-order valence-electron chi connectivity index (χ3n) is 5.18. The minimum Gasteiger partial charge on any atom is -0.369 e. The van der Waals surface area contributed by atoms with E-state index in [1.165, 1.54) is 0 Å². The molecule has 2 aromatic carbocycles. The standard InChI is InChI=1S/C21H22ClN5O/c22-17-7-3-1-5-15(17)13-24-20-16-6-2-4-8-18(16)25-21(26-20)27-11-9-14(10-12-27)19(23)28/h1-8,14H,9-13H2,(H2,23,28)(H,24,25,26). The minimum absolute atomic E-state index is 0.0606. The number of fused-ring (bicyclic) bond motifs is 1. The van der Waals surface area contributed by atoms with E-state index >= 15 is 0 Å². The van der Waals surface area contributed by atoms with Crippen LogP contribution in [-0.4, -0.2) is 29.0 Å². The van der Waals surface area contributed by atoms with Crippen molar-refractivity contribution in [3.63, 3.8) is 0 Å². The zero-order valence-corrected chi connectivity index (χ0v) is 16.2. The van der Waals surface area contributed by atoms with E-state index in [9.17, 15) is 4.79 Å².